The predicted octanol–water partition coefficient (Wildman–Crippen LogP) is 1.92. The molecule has 1 amide bonds. The molecule has 5 heteroatoms. The van der Waals surface area contributed by atoms with E-state index < -0.39 is 0 Å². The van der Waals surface area contributed by atoms with Crippen LogP contribution in [0.2, 0.25) is 0 Å². The van der Waals surface area contributed by atoms with Crippen LogP contribution in [0, 0.1) is 0 Å². The highest BCUT2D eigenvalue weighted by atomic mass is 32.1. The van der Waals surface area contributed by atoms with Crippen LogP contribution in [0.15, 0.2) is 16.8 Å². The summed E-state index contributed by atoms with van der Waals surface area (Å²) < 4.78 is 4.89. The smallest absolute Gasteiger partial charge is 0.325 e. The van der Waals surface area contributed by atoms with Crippen LogP contribution >= 0.6 is 11.3 Å². The first-order valence-electron chi connectivity index (χ1n) is 5.71. The minimum atomic E-state index is -0.331. The van der Waals surface area contributed by atoms with Gasteiger partial charge in [-0.15, -0.1) is 0 Å². The Morgan fingerprint density at radius 3 is 2.82 bits per heavy atom. The minimum Gasteiger partial charge on any atom is -0.465 e. The van der Waals surface area contributed by atoms with E-state index in [9.17, 15) is 9.59 Å². The summed E-state index contributed by atoms with van der Waals surface area (Å²) in [4.78, 5) is 25.2. The van der Waals surface area contributed by atoms with Crippen molar-refractivity contribution in [1.82, 2.24) is 4.90 Å². The summed E-state index contributed by atoms with van der Waals surface area (Å²) in [5.41, 5.74) is 0.659. The Balaban J connectivity index is 2.02. The van der Waals surface area contributed by atoms with Crippen molar-refractivity contribution in [3.8, 4) is 0 Å². The minimum absolute atomic E-state index is 0.0627. The number of carbonyl (C=O) groups excluding carboxylic acids is 2. The topological polar surface area (TPSA) is 46.6 Å². The van der Waals surface area contributed by atoms with E-state index in [0.717, 1.165) is 12.8 Å². The molecule has 1 heterocycles. The molecule has 0 bridgehead atoms. The van der Waals surface area contributed by atoms with Crippen LogP contribution in [-0.2, 0) is 9.53 Å². The quantitative estimate of drug-likeness (QED) is 0.753. The van der Waals surface area contributed by atoms with Gasteiger partial charge in [-0.3, -0.25) is 9.59 Å². The average Bonchev–Trinajstić information content (AvgIpc) is 3.00. The third-order valence-electron chi connectivity index (χ3n) is 2.62. The Morgan fingerprint density at radius 1 is 1.53 bits per heavy atom. The van der Waals surface area contributed by atoms with Gasteiger partial charge in [0.25, 0.3) is 5.91 Å². The van der Waals surface area contributed by atoms with Gasteiger partial charge in [0.05, 0.1) is 12.2 Å². The lowest BCUT2D eigenvalue weighted by molar-refractivity contribution is -0.143. The third kappa shape index (κ3) is 3.06. The number of thiophene rings is 1. The fourth-order valence-electron chi connectivity index (χ4n) is 1.65. The van der Waals surface area contributed by atoms with Crippen LogP contribution < -0.4 is 0 Å². The summed E-state index contributed by atoms with van der Waals surface area (Å²) in [6.45, 7) is 2.18. The van der Waals surface area contributed by atoms with Crippen LogP contribution in [0.1, 0.15) is 30.1 Å². The molecule has 0 radical (unpaired) electrons. The van der Waals surface area contributed by atoms with E-state index in [1.165, 1.54) is 11.3 Å². The summed E-state index contributed by atoms with van der Waals surface area (Å²) in [5, 5.41) is 3.67. The van der Waals surface area contributed by atoms with Crippen LogP contribution in [0.25, 0.3) is 0 Å². The molecule has 4 nitrogen and oxygen atoms in total. The van der Waals surface area contributed by atoms with Gasteiger partial charge in [-0.1, -0.05) is 0 Å². The first kappa shape index (κ1) is 12.1. The van der Waals surface area contributed by atoms with Crippen LogP contribution in [0.3, 0.4) is 0 Å². The molecule has 1 aromatic rings. The van der Waals surface area contributed by atoms with Gasteiger partial charge in [0, 0.05) is 11.4 Å². The summed E-state index contributed by atoms with van der Waals surface area (Å²) in [6.07, 6.45) is 1.96. The fourth-order valence-corrected chi connectivity index (χ4v) is 2.28. The van der Waals surface area contributed by atoms with Gasteiger partial charge < -0.3 is 9.64 Å². The molecule has 0 aromatic carbocycles. The van der Waals surface area contributed by atoms with Crippen molar-refractivity contribution in [2.24, 2.45) is 0 Å². The number of nitrogens with zero attached hydrogens (tertiary/aromatic N) is 1. The summed E-state index contributed by atoms with van der Waals surface area (Å²) >= 11 is 1.48. The van der Waals surface area contributed by atoms with Crippen molar-refractivity contribution in [2.75, 3.05) is 13.2 Å². The maximum Gasteiger partial charge on any atom is 0.325 e. The molecule has 0 atom stereocenters. The largest absolute Gasteiger partial charge is 0.465 e. The summed E-state index contributed by atoms with van der Waals surface area (Å²) in [5.74, 6) is -0.398. The molecule has 0 spiro atoms. The lowest BCUT2D eigenvalue weighted by Crippen LogP contribution is -2.38. The Hall–Kier alpha value is -1.36. The molecule has 1 aliphatic carbocycles. The highest BCUT2D eigenvalue weighted by Gasteiger charge is 2.34. The molecular formula is C12H15NO3S. The Morgan fingerprint density at radius 2 is 2.29 bits per heavy atom. The van der Waals surface area contributed by atoms with Crippen molar-refractivity contribution >= 4 is 23.2 Å². The molecule has 0 aliphatic heterocycles. The second-order valence-electron chi connectivity index (χ2n) is 3.98. The van der Waals surface area contributed by atoms with Gasteiger partial charge in [0.1, 0.15) is 6.54 Å². The lowest BCUT2D eigenvalue weighted by Gasteiger charge is -2.20. The molecule has 1 aromatic heterocycles. The maximum atomic E-state index is 12.2. The number of rotatable bonds is 5. The SMILES string of the molecule is CCOC(=O)CN(C(=O)c1ccsc1)C1CC1. The van der Waals surface area contributed by atoms with E-state index in [4.69, 9.17) is 4.74 Å². The number of ether oxygens (including phenoxy) is 1. The Labute approximate surface area is 104 Å². The lowest BCUT2D eigenvalue weighted by atomic mass is 10.3. The number of carbonyl (C=O) groups is 2. The number of amides is 1. The summed E-state index contributed by atoms with van der Waals surface area (Å²) in [6, 6.07) is 2.00. The van der Waals surface area contributed by atoms with Gasteiger partial charge in [-0.2, -0.15) is 11.3 Å². The first-order chi connectivity index (χ1) is 8.22. The van der Waals surface area contributed by atoms with E-state index >= 15 is 0 Å². The fraction of sp³-hybridized carbons (Fsp3) is 0.500. The van der Waals surface area contributed by atoms with Crippen molar-refractivity contribution in [1.29, 1.82) is 0 Å². The normalized spacial score (nSPS) is 14.4. The second kappa shape index (κ2) is 5.31. The van der Waals surface area contributed by atoms with Gasteiger partial charge in [0.2, 0.25) is 0 Å². The Kier molecular flexibility index (Phi) is 3.78. The number of hydrogen-bond acceptors (Lipinski definition) is 4. The molecule has 17 heavy (non-hydrogen) atoms. The number of esters is 1. The van der Waals surface area contributed by atoms with Crippen molar-refractivity contribution < 1.29 is 14.3 Å². The molecule has 92 valence electrons. The van der Waals surface area contributed by atoms with E-state index in [1.807, 2.05) is 10.8 Å². The van der Waals surface area contributed by atoms with E-state index in [0.29, 0.717) is 12.2 Å². The highest BCUT2D eigenvalue weighted by molar-refractivity contribution is 7.08. The molecule has 0 saturated heterocycles. The first-order valence-corrected chi connectivity index (χ1v) is 6.65. The summed E-state index contributed by atoms with van der Waals surface area (Å²) in [7, 11) is 0. The standard InChI is InChI=1S/C12H15NO3S/c1-2-16-11(14)7-13(10-3-4-10)12(15)9-5-6-17-8-9/h5-6,8,10H,2-4,7H2,1H3. The Bertz CT molecular complexity index is 398. The maximum absolute atomic E-state index is 12.2. The highest BCUT2D eigenvalue weighted by Crippen LogP contribution is 2.28. The second-order valence-corrected chi connectivity index (χ2v) is 4.76. The van der Waals surface area contributed by atoms with E-state index in [2.05, 4.69) is 0 Å². The van der Waals surface area contributed by atoms with Crippen molar-refractivity contribution in [2.45, 2.75) is 25.8 Å². The van der Waals surface area contributed by atoms with Gasteiger partial charge in [-0.25, -0.2) is 0 Å². The molecule has 1 aliphatic rings. The van der Waals surface area contributed by atoms with Gasteiger partial charge >= 0.3 is 5.97 Å². The zero-order valence-corrected chi connectivity index (χ0v) is 10.5. The monoisotopic (exact) mass is 253 g/mol. The van der Waals surface area contributed by atoms with Crippen LogP contribution in [0.4, 0.5) is 0 Å². The van der Waals surface area contributed by atoms with E-state index in [1.54, 1.807) is 17.9 Å². The predicted molar refractivity (Wildman–Crippen MR) is 65.0 cm³/mol. The zero-order valence-electron chi connectivity index (χ0n) is 9.72. The van der Waals surface area contributed by atoms with Crippen molar-refractivity contribution in [3.63, 3.8) is 0 Å². The van der Waals surface area contributed by atoms with Crippen LogP contribution in [0.5, 0.6) is 0 Å². The number of hydrogen-bond donors (Lipinski definition) is 0. The molecule has 0 N–H and O–H groups in total. The van der Waals surface area contributed by atoms with Crippen molar-refractivity contribution in [3.05, 3.63) is 22.4 Å². The molecule has 1 saturated carbocycles. The third-order valence-corrected chi connectivity index (χ3v) is 3.30. The molecule has 1 fully saturated rings. The molecule has 2 rings (SSSR count). The van der Waals surface area contributed by atoms with Crippen LogP contribution in [-0.4, -0.2) is 36.0 Å². The van der Waals surface area contributed by atoms with Gasteiger partial charge in [0.15, 0.2) is 0 Å². The van der Waals surface area contributed by atoms with Gasteiger partial charge in [-0.05, 0) is 31.2 Å². The average molecular weight is 253 g/mol. The van der Waals surface area contributed by atoms with E-state index in [-0.39, 0.29) is 24.5 Å². The molecular weight excluding hydrogens is 238 g/mol. The molecule has 0 unspecified atom stereocenters. The zero-order chi connectivity index (χ0) is 12.3.